The van der Waals surface area contributed by atoms with Crippen molar-refractivity contribution in [3.8, 4) is 0 Å². The van der Waals surface area contributed by atoms with Crippen molar-refractivity contribution in [2.75, 3.05) is 39.6 Å². The minimum absolute atomic E-state index is 0.119. The van der Waals surface area contributed by atoms with Crippen LogP contribution in [-0.2, 0) is 42.8 Å². The summed E-state index contributed by atoms with van der Waals surface area (Å²) in [5, 5.41) is 0. The van der Waals surface area contributed by atoms with E-state index in [0.717, 1.165) is 12.3 Å². The fraction of sp³-hybridized carbons (Fsp3) is 0.864. The Morgan fingerprint density at radius 1 is 1.06 bits per heavy atom. The second kappa shape index (κ2) is 8.23. The lowest BCUT2D eigenvalue weighted by molar-refractivity contribution is -0.175. The molecule has 0 amide bonds. The molecule has 4 saturated heterocycles. The summed E-state index contributed by atoms with van der Waals surface area (Å²) in [6, 6.07) is 0. The van der Waals surface area contributed by atoms with Crippen LogP contribution in [0.15, 0.2) is 0 Å². The van der Waals surface area contributed by atoms with E-state index in [4.69, 9.17) is 28.4 Å². The predicted octanol–water partition coefficient (Wildman–Crippen LogP) is -0.125. The van der Waals surface area contributed by atoms with E-state index in [-0.39, 0.29) is 19.4 Å². The van der Waals surface area contributed by atoms with Gasteiger partial charge in [-0.2, -0.15) is 0 Å². The van der Waals surface area contributed by atoms with E-state index < -0.39 is 54.2 Å². The number of hydrogen-bond acceptors (Lipinski definition) is 10. The summed E-state index contributed by atoms with van der Waals surface area (Å²) in [5.41, 5.74) is 0. The fourth-order valence-electron chi connectivity index (χ4n) is 6.54. The Balaban J connectivity index is 1.06. The third-order valence-electron chi connectivity index (χ3n) is 8.06. The molecule has 6 rings (SSSR count). The zero-order valence-electron chi connectivity index (χ0n) is 17.9. The molecule has 0 aromatic carbocycles. The van der Waals surface area contributed by atoms with Crippen molar-refractivity contribution in [2.24, 2.45) is 23.7 Å². The molecular formula is C22H29NO9. The quantitative estimate of drug-likeness (QED) is 0.295. The number of carbonyl (C=O) groups is 3. The van der Waals surface area contributed by atoms with Gasteiger partial charge in [0.15, 0.2) is 19.0 Å². The first-order valence-electron chi connectivity index (χ1n) is 11.7. The van der Waals surface area contributed by atoms with Gasteiger partial charge >= 0.3 is 17.9 Å². The van der Waals surface area contributed by atoms with Crippen molar-refractivity contribution < 1.29 is 42.8 Å². The molecule has 2 aliphatic carbocycles. The number of carbonyl (C=O) groups excluding carboxylic acids is 3. The van der Waals surface area contributed by atoms with Crippen molar-refractivity contribution in [3.05, 3.63) is 0 Å². The van der Waals surface area contributed by atoms with Crippen LogP contribution in [0.2, 0.25) is 0 Å². The molecule has 2 saturated carbocycles. The number of morpholine rings is 1. The number of esters is 3. The maximum Gasteiger partial charge on any atom is 0.320 e. The van der Waals surface area contributed by atoms with Crippen molar-refractivity contribution in [1.82, 2.24) is 4.90 Å². The first kappa shape index (κ1) is 20.8. The molecule has 9 atom stereocenters. The molecule has 0 N–H and O–H groups in total. The minimum Gasteiger partial charge on any atom is -0.455 e. The van der Waals surface area contributed by atoms with Gasteiger partial charge in [0.2, 0.25) is 0 Å². The zero-order valence-corrected chi connectivity index (χ0v) is 17.9. The van der Waals surface area contributed by atoms with E-state index in [1.165, 1.54) is 19.3 Å². The Morgan fingerprint density at radius 3 is 2.66 bits per heavy atom. The van der Waals surface area contributed by atoms with Crippen molar-refractivity contribution >= 4 is 17.9 Å². The SMILES string of the molecule is O=C(CN1CCOCC1)OC1C2OC(=O)C3C2OC1C3C(=O)OCOC1CC2CCC1C2. The molecule has 10 nitrogen and oxygen atoms in total. The van der Waals surface area contributed by atoms with Crippen molar-refractivity contribution in [2.45, 2.75) is 56.2 Å². The highest BCUT2D eigenvalue weighted by atomic mass is 16.7. The molecule has 4 bridgehead atoms. The van der Waals surface area contributed by atoms with Crippen molar-refractivity contribution in [1.29, 1.82) is 0 Å². The maximum atomic E-state index is 12.9. The maximum absolute atomic E-state index is 12.9. The van der Waals surface area contributed by atoms with Crippen LogP contribution >= 0.6 is 0 Å². The highest BCUT2D eigenvalue weighted by Gasteiger charge is 2.72. The molecule has 0 spiro atoms. The van der Waals surface area contributed by atoms with Crippen molar-refractivity contribution in [3.63, 3.8) is 0 Å². The minimum atomic E-state index is -0.851. The van der Waals surface area contributed by atoms with Crippen LogP contribution in [-0.4, -0.2) is 93.0 Å². The van der Waals surface area contributed by atoms with E-state index in [1.807, 2.05) is 4.90 Å². The topological polar surface area (TPSA) is 110 Å². The van der Waals surface area contributed by atoms with Gasteiger partial charge in [-0.15, -0.1) is 0 Å². The van der Waals surface area contributed by atoms with Gasteiger partial charge in [-0.3, -0.25) is 19.3 Å². The highest BCUT2D eigenvalue weighted by Crippen LogP contribution is 2.51. The van der Waals surface area contributed by atoms with E-state index in [1.54, 1.807) is 0 Å². The molecular weight excluding hydrogens is 422 g/mol. The lowest BCUT2D eigenvalue weighted by atomic mass is 9.78. The zero-order chi connectivity index (χ0) is 21.8. The molecule has 0 radical (unpaired) electrons. The second-order valence-electron chi connectivity index (χ2n) is 9.82. The molecule has 4 aliphatic heterocycles. The standard InChI is InChI=1S/C22H29NO9/c24-14(9-23-3-5-27-6-4-23)30-19-17-15(16-18(31-17)20(19)32-22(16)26)21(25)29-10-28-13-8-11-1-2-12(13)7-11/h11-13,15-20H,1-10H2. The summed E-state index contributed by atoms with van der Waals surface area (Å²) in [7, 11) is 0. The van der Waals surface area contributed by atoms with Gasteiger partial charge in [0.25, 0.3) is 0 Å². The Labute approximate surface area is 185 Å². The lowest BCUT2D eigenvalue weighted by Crippen LogP contribution is -2.49. The smallest absolute Gasteiger partial charge is 0.320 e. The highest BCUT2D eigenvalue weighted by molar-refractivity contribution is 5.87. The van der Waals surface area contributed by atoms with Gasteiger partial charge in [0.1, 0.15) is 24.0 Å². The average molecular weight is 451 g/mol. The number of ether oxygens (including phenoxy) is 6. The van der Waals surface area contributed by atoms with E-state index in [0.29, 0.717) is 32.2 Å². The van der Waals surface area contributed by atoms with Gasteiger partial charge in [0.05, 0.1) is 25.9 Å². The second-order valence-corrected chi connectivity index (χ2v) is 9.82. The van der Waals surface area contributed by atoms with E-state index in [2.05, 4.69) is 0 Å². The molecule has 6 aliphatic rings. The molecule has 6 fully saturated rings. The van der Waals surface area contributed by atoms with Gasteiger partial charge in [-0.1, -0.05) is 0 Å². The number of hydrogen-bond donors (Lipinski definition) is 0. The van der Waals surface area contributed by atoms with Crippen LogP contribution in [0, 0.1) is 23.7 Å². The lowest BCUT2D eigenvalue weighted by Gasteiger charge is -2.29. The summed E-state index contributed by atoms with van der Waals surface area (Å²) in [5.74, 6) is -1.75. The van der Waals surface area contributed by atoms with Gasteiger partial charge < -0.3 is 28.4 Å². The van der Waals surface area contributed by atoms with E-state index >= 15 is 0 Å². The summed E-state index contributed by atoms with van der Waals surface area (Å²) in [6.07, 6.45) is 2.01. The predicted molar refractivity (Wildman–Crippen MR) is 104 cm³/mol. The third-order valence-corrected chi connectivity index (χ3v) is 8.06. The molecule has 9 unspecified atom stereocenters. The van der Waals surface area contributed by atoms with E-state index in [9.17, 15) is 14.4 Å². The number of fused-ring (bicyclic) bond motifs is 3. The van der Waals surface area contributed by atoms with Crippen LogP contribution in [0.4, 0.5) is 0 Å². The van der Waals surface area contributed by atoms with Crippen LogP contribution < -0.4 is 0 Å². The first-order chi connectivity index (χ1) is 15.6. The summed E-state index contributed by atoms with van der Waals surface area (Å²) in [4.78, 5) is 39.8. The molecule has 0 aromatic rings. The van der Waals surface area contributed by atoms with Crippen LogP contribution in [0.1, 0.15) is 25.7 Å². The summed E-state index contributed by atoms with van der Waals surface area (Å²) >= 11 is 0. The first-order valence-corrected chi connectivity index (χ1v) is 11.7. The average Bonchev–Trinajstić information content (AvgIpc) is 3.57. The molecule has 0 aromatic heterocycles. The molecule has 176 valence electrons. The van der Waals surface area contributed by atoms with Gasteiger partial charge in [-0.25, -0.2) is 0 Å². The number of rotatable bonds is 7. The molecule has 32 heavy (non-hydrogen) atoms. The Kier molecular flexibility index (Phi) is 5.36. The van der Waals surface area contributed by atoms with Gasteiger partial charge in [0, 0.05) is 13.1 Å². The summed E-state index contributed by atoms with van der Waals surface area (Å²) in [6.45, 7) is 2.44. The Hall–Kier alpha value is -1.75. The third kappa shape index (κ3) is 3.52. The largest absolute Gasteiger partial charge is 0.455 e. The van der Waals surface area contributed by atoms with Crippen LogP contribution in [0.3, 0.4) is 0 Å². The summed E-state index contributed by atoms with van der Waals surface area (Å²) < 4.78 is 33.5. The Morgan fingerprint density at radius 2 is 1.91 bits per heavy atom. The fourth-order valence-corrected chi connectivity index (χ4v) is 6.54. The van der Waals surface area contributed by atoms with Crippen LogP contribution in [0.25, 0.3) is 0 Å². The van der Waals surface area contributed by atoms with Gasteiger partial charge in [-0.05, 0) is 37.5 Å². The monoisotopic (exact) mass is 451 g/mol. The van der Waals surface area contributed by atoms with Crippen LogP contribution in [0.5, 0.6) is 0 Å². The normalized spacial score (nSPS) is 44.1. The number of nitrogens with zero attached hydrogens (tertiary/aromatic N) is 1. The molecule has 4 heterocycles. The molecule has 10 heteroatoms. The Bertz CT molecular complexity index is 783.